The van der Waals surface area contributed by atoms with Gasteiger partial charge in [-0.15, -0.1) is 48.3 Å². The van der Waals surface area contributed by atoms with Crippen LogP contribution in [0.1, 0.15) is 0 Å². The molecule has 38 heavy (non-hydrogen) atoms. The van der Waals surface area contributed by atoms with Gasteiger partial charge in [-0.05, 0) is 41.8 Å². The number of rotatable bonds is 0. The van der Waals surface area contributed by atoms with Crippen molar-refractivity contribution in [1.82, 2.24) is 0 Å². The first-order valence-corrected chi connectivity index (χ1v) is 10.4. The molecular weight excluding hydrogens is 611 g/mol. The van der Waals surface area contributed by atoms with Gasteiger partial charge in [-0.2, -0.15) is 0 Å². The molecule has 0 amide bonds. The third-order valence-corrected chi connectivity index (χ3v) is 3.06. The predicted molar refractivity (Wildman–Crippen MR) is 129 cm³/mol. The first-order chi connectivity index (χ1) is 17.7. The van der Waals surface area contributed by atoms with Crippen LogP contribution in [0, 0.1) is 22.1 Å². The molecule has 4 N–H and O–H groups in total. The molecule has 0 saturated carbocycles. The van der Waals surface area contributed by atoms with Crippen molar-refractivity contribution in [2.45, 2.75) is 0 Å². The van der Waals surface area contributed by atoms with E-state index in [2.05, 4.69) is 10.6 Å². The van der Waals surface area contributed by atoms with Crippen LogP contribution >= 0.6 is 0 Å². The van der Waals surface area contributed by atoms with Gasteiger partial charge in [0.25, 0.3) is 0 Å². The Hall–Kier alpha value is -2.04. The van der Waals surface area contributed by atoms with E-state index in [4.69, 9.17) is 72.7 Å². The predicted octanol–water partition coefficient (Wildman–Crippen LogP) is 4.34. The van der Waals surface area contributed by atoms with Gasteiger partial charge < -0.3 is 39.1 Å². The van der Waals surface area contributed by atoms with E-state index in [1.54, 1.807) is 19.6 Å². The zero-order chi connectivity index (χ0) is 27.8. The zero-order valence-electron chi connectivity index (χ0n) is 20.8. The van der Waals surface area contributed by atoms with Crippen LogP contribution < -0.4 is 0 Å². The molecule has 1 aliphatic heterocycles. The first-order valence-electron chi connectivity index (χ1n) is 10.4. The molecule has 229 valence electrons. The van der Waals surface area contributed by atoms with Crippen LogP contribution in [-0.4, -0.2) is 105 Å². The van der Waals surface area contributed by atoms with Crippen LogP contribution in [0.4, 0.5) is 0 Å². The van der Waals surface area contributed by atoms with Crippen LogP contribution in [0.3, 0.4) is 0 Å². The summed E-state index contributed by atoms with van der Waals surface area (Å²) < 4.78 is 32.5. The zero-order valence-corrected chi connectivity index (χ0v) is 22.7. The SMILES string of the molecule is C1COCCOCCOCC[N-]CCOCCOCCOCC[N-]1.[Cu+].[Cu].[N-]=[N+]=N.[N-]=[N+]=N.[N-]=[N+]=N.[N-]=[N+]=N. The molecule has 1 rings (SSSR count). The Balaban J connectivity index is -0.000000155. The van der Waals surface area contributed by atoms with Gasteiger partial charge in [0.05, 0.1) is 52.9 Å². The molecule has 0 aromatic heterocycles. The second-order valence-electron chi connectivity index (χ2n) is 5.42. The largest absolute Gasteiger partial charge is 1.00 e. The summed E-state index contributed by atoms with van der Waals surface area (Å²) in [5, 5.41) is 8.65. The number of hydrogen-bond donors (Lipinski definition) is 4. The third-order valence-electron chi connectivity index (χ3n) is 3.06. The summed E-state index contributed by atoms with van der Waals surface area (Å²) in [5.41, 5.74) is 49.0. The first kappa shape index (κ1) is 49.0. The van der Waals surface area contributed by atoms with E-state index in [0.717, 1.165) is 0 Å². The van der Waals surface area contributed by atoms with E-state index < -0.39 is 0 Å². The van der Waals surface area contributed by atoms with E-state index in [9.17, 15) is 0 Å². The van der Waals surface area contributed by atoms with E-state index in [1.807, 2.05) is 0 Å². The van der Waals surface area contributed by atoms with Crippen molar-refractivity contribution < 1.29 is 62.6 Å². The van der Waals surface area contributed by atoms with Crippen LogP contribution in [0.15, 0.2) is 0 Å². The molecule has 0 spiro atoms. The molecule has 20 nitrogen and oxygen atoms in total. The average molecular weight is 648 g/mol. The molecule has 0 aromatic rings. The molecule has 0 bridgehead atoms. The van der Waals surface area contributed by atoms with Crippen molar-refractivity contribution in [2.75, 3.05) is 105 Å². The van der Waals surface area contributed by atoms with Gasteiger partial charge in [-0.1, -0.05) is 0 Å². The standard InChI is InChI=1S/C16H32N2O6.2Cu.4HN3/c1-5-19-9-13-23-15-11-21-7-3-18-4-8-22-12-16-24-14-10-20-6-2-17-1;;;4*1-3-2/h1-16H2;;;4*1H/q-2;;+1;;;;. The maximum Gasteiger partial charge on any atom is 1.00 e. The fraction of sp³-hybridized carbons (Fsp3) is 1.00. The Labute approximate surface area is 242 Å². The minimum Gasteiger partial charge on any atom is -0.659 e. The maximum atomic E-state index is 6.86. The molecular formula is C16H36Cu2N14O6-. The van der Waals surface area contributed by atoms with Gasteiger partial charge in [0.1, 0.15) is 0 Å². The van der Waals surface area contributed by atoms with Gasteiger partial charge in [0, 0.05) is 43.5 Å². The van der Waals surface area contributed by atoms with Crippen molar-refractivity contribution in [3.05, 3.63) is 52.4 Å². The van der Waals surface area contributed by atoms with Crippen LogP contribution in [0.25, 0.3) is 52.4 Å². The van der Waals surface area contributed by atoms with E-state index in [1.165, 1.54) is 0 Å². The summed E-state index contributed by atoms with van der Waals surface area (Å²) >= 11 is 0. The maximum absolute atomic E-state index is 6.86. The fourth-order valence-corrected chi connectivity index (χ4v) is 1.82. The summed E-state index contributed by atoms with van der Waals surface area (Å²) in [7, 11) is 0. The Kier molecular flexibility index (Phi) is 77.1. The molecule has 0 atom stereocenters. The van der Waals surface area contributed by atoms with Gasteiger partial charge in [-0.3, -0.25) is 0 Å². The topological polar surface area (TPSA) is 325 Å². The summed E-state index contributed by atoms with van der Waals surface area (Å²) in [4.78, 5) is 7.00. The van der Waals surface area contributed by atoms with Gasteiger partial charge >= 0.3 is 17.1 Å². The quantitative estimate of drug-likeness (QED) is 0.128. The smallest absolute Gasteiger partial charge is 0.659 e. The second-order valence-corrected chi connectivity index (χ2v) is 5.42. The third kappa shape index (κ3) is 76.5. The summed E-state index contributed by atoms with van der Waals surface area (Å²) in [6, 6.07) is 0. The molecule has 22 heteroatoms. The van der Waals surface area contributed by atoms with Gasteiger partial charge in [0.15, 0.2) is 0 Å². The molecule has 0 unspecified atom stereocenters. The van der Waals surface area contributed by atoms with Gasteiger partial charge in [0.2, 0.25) is 0 Å². The van der Waals surface area contributed by atoms with E-state index in [0.29, 0.717) is 105 Å². The molecule has 1 aliphatic rings. The van der Waals surface area contributed by atoms with Crippen molar-refractivity contribution in [2.24, 2.45) is 0 Å². The minimum absolute atomic E-state index is 0. The van der Waals surface area contributed by atoms with Crippen molar-refractivity contribution in [3.8, 4) is 0 Å². The molecule has 1 saturated heterocycles. The Morgan fingerprint density at radius 2 is 0.526 bits per heavy atom. The van der Waals surface area contributed by atoms with Crippen molar-refractivity contribution in [1.29, 1.82) is 22.1 Å². The monoisotopic (exact) mass is 646 g/mol. The fourth-order valence-electron chi connectivity index (χ4n) is 1.82. The Morgan fingerprint density at radius 3 is 0.684 bits per heavy atom. The van der Waals surface area contributed by atoms with Crippen LogP contribution in [0.5, 0.6) is 0 Å². The van der Waals surface area contributed by atoms with E-state index >= 15 is 0 Å². The molecule has 1 radical (unpaired) electrons. The minimum atomic E-state index is 0. The van der Waals surface area contributed by atoms with Crippen molar-refractivity contribution >= 4 is 0 Å². The number of hydrogen-bond acceptors (Lipinski definition) is 10. The number of nitrogens with zero attached hydrogens (tertiary/aromatic N) is 10. The average Bonchev–Trinajstić information content (AvgIpc) is 2.85. The molecule has 0 aliphatic carbocycles. The molecule has 1 fully saturated rings. The summed E-state index contributed by atoms with van der Waals surface area (Å²) in [6.07, 6.45) is 0. The van der Waals surface area contributed by atoms with Gasteiger partial charge in [-0.25, -0.2) is 0 Å². The normalized spacial score (nSPS) is 16.0. The van der Waals surface area contributed by atoms with Crippen LogP contribution in [-0.2, 0) is 62.6 Å². The summed E-state index contributed by atoms with van der Waals surface area (Å²) in [6.45, 7) is 9.84. The summed E-state index contributed by atoms with van der Waals surface area (Å²) in [5.74, 6) is 0. The number of ether oxygens (including phenoxy) is 6. The van der Waals surface area contributed by atoms with E-state index in [-0.39, 0.29) is 34.1 Å². The number of nitrogens with one attached hydrogen (secondary N) is 4. The second kappa shape index (κ2) is 59.8. The Bertz CT molecular complexity index is 403. The van der Waals surface area contributed by atoms with Crippen LogP contribution in [0.2, 0.25) is 0 Å². The molecule has 1 heterocycles. The molecule has 0 aromatic carbocycles. The van der Waals surface area contributed by atoms with Crippen molar-refractivity contribution in [3.63, 3.8) is 0 Å². The Morgan fingerprint density at radius 1 is 0.395 bits per heavy atom.